The largest absolute Gasteiger partial charge is 0.387 e. The molecule has 4 unspecified atom stereocenters. The van der Waals surface area contributed by atoms with Crippen molar-refractivity contribution in [1.29, 1.82) is 0 Å². The Balaban J connectivity index is 1.47. The van der Waals surface area contributed by atoms with Gasteiger partial charge in [-0.1, -0.05) is 12.8 Å². The molecule has 0 aromatic heterocycles. The maximum absolute atomic E-state index is 6.18. The molecule has 2 N–H and O–H groups in total. The first-order chi connectivity index (χ1) is 7.84. The van der Waals surface area contributed by atoms with E-state index in [2.05, 4.69) is 0 Å². The third kappa shape index (κ3) is 1.22. The molecule has 0 heterocycles. The van der Waals surface area contributed by atoms with Gasteiger partial charge in [-0.2, -0.15) is 0 Å². The summed E-state index contributed by atoms with van der Waals surface area (Å²) < 4.78 is 0. The first kappa shape index (κ1) is 9.49. The van der Waals surface area contributed by atoms with Gasteiger partial charge >= 0.3 is 0 Å². The number of nitrogens with two attached hydrogens (primary N) is 1. The smallest absolute Gasteiger partial charge is 0.0972 e. The second-order valence-electron chi connectivity index (χ2n) is 6.51. The van der Waals surface area contributed by atoms with Crippen molar-refractivity contribution in [3.05, 3.63) is 0 Å². The lowest BCUT2D eigenvalue weighted by molar-refractivity contribution is 0.456. The summed E-state index contributed by atoms with van der Waals surface area (Å²) in [7, 11) is 0. The lowest BCUT2D eigenvalue weighted by Gasteiger charge is -2.10. The van der Waals surface area contributed by atoms with Crippen LogP contribution < -0.4 is 5.73 Å². The summed E-state index contributed by atoms with van der Waals surface area (Å²) in [5, 5.41) is 0. The molecule has 2 nitrogen and oxygen atoms in total. The van der Waals surface area contributed by atoms with E-state index >= 15 is 0 Å². The van der Waals surface area contributed by atoms with Crippen molar-refractivity contribution < 1.29 is 0 Å². The molecule has 88 valence electrons. The van der Waals surface area contributed by atoms with Crippen LogP contribution in [-0.4, -0.2) is 11.9 Å². The van der Waals surface area contributed by atoms with E-state index in [1.807, 2.05) is 0 Å². The molecule has 4 fully saturated rings. The number of hydrogen-bond donors (Lipinski definition) is 1. The predicted molar refractivity (Wildman–Crippen MR) is 65.2 cm³/mol. The molecule has 2 bridgehead atoms. The van der Waals surface area contributed by atoms with Crippen LogP contribution in [0.5, 0.6) is 0 Å². The standard InChI is InChI=1S/C14H22N2/c15-14(8-3-1-2-4-8)16-13-11-9-5-6-10(7-9)12(11)13/h8-13H,1-7H2,(H2,15,16). The summed E-state index contributed by atoms with van der Waals surface area (Å²) in [6, 6.07) is 0.659. The van der Waals surface area contributed by atoms with E-state index in [0.29, 0.717) is 12.0 Å². The van der Waals surface area contributed by atoms with Crippen LogP contribution in [-0.2, 0) is 0 Å². The molecule has 4 rings (SSSR count). The van der Waals surface area contributed by atoms with Gasteiger partial charge < -0.3 is 5.73 Å². The second kappa shape index (κ2) is 3.24. The zero-order valence-corrected chi connectivity index (χ0v) is 9.94. The summed E-state index contributed by atoms with van der Waals surface area (Å²) in [4.78, 5) is 4.89. The molecule has 4 saturated carbocycles. The number of fused-ring (bicyclic) bond motifs is 5. The normalized spacial score (nSPS) is 51.0. The van der Waals surface area contributed by atoms with Gasteiger partial charge in [-0.25, -0.2) is 0 Å². The van der Waals surface area contributed by atoms with E-state index in [9.17, 15) is 0 Å². The molecular formula is C14H22N2. The van der Waals surface area contributed by atoms with Crippen molar-refractivity contribution in [3.8, 4) is 0 Å². The third-order valence-electron chi connectivity index (χ3n) is 5.77. The van der Waals surface area contributed by atoms with Crippen molar-refractivity contribution in [2.24, 2.45) is 40.3 Å². The summed E-state index contributed by atoms with van der Waals surface area (Å²) in [6.45, 7) is 0. The van der Waals surface area contributed by atoms with Crippen molar-refractivity contribution in [2.75, 3.05) is 0 Å². The summed E-state index contributed by atoms with van der Waals surface area (Å²) in [5.74, 6) is 5.62. The number of amidine groups is 1. The van der Waals surface area contributed by atoms with E-state index in [1.54, 1.807) is 0 Å². The fraction of sp³-hybridized carbons (Fsp3) is 0.929. The van der Waals surface area contributed by atoms with E-state index < -0.39 is 0 Å². The predicted octanol–water partition coefficient (Wildman–Crippen LogP) is 2.58. The van der Waals surface area contributed by atoms with E-state index in [0.717, 1.165) is 29.5 Å². The van der Waals surface area contributed by atoms with Gasteiger partial charge in [0.25, 0.3) is 0 Å². The highest BCUT2D eigenvalue weighted by molar-refractivity contribution is 5.83. The molecule has 0 spiro atoms. The molecule has 4 aliphatic carbocycles. The highest BCUT2D eigenvalue weighted by Crippen LogP contribution is 2.66. The first-order valence-electron chi connectivity index (χ1n) is 7.18. The minimum absolute atomic E-state index is 0.638. The molecular weight excluding hydrogens is 196 g/mol. The van der Waals surface area contributed by atoms with Crippen LogP contribution in [0, 0.1) is 29.6 Å². The number of aliphatic imine (C=N–C) groups is 1. The van der Waals surface area contributed by atoms with E-state index in [1.165, 1.54) is 44.9 Å². The second-order valence-corrected chi connectivity index (χ2v) is 6.51. The fourth-order valence-electron chi connectivity index (χ4n) is 4.95. The fourth-order valence-corrected chi connectivity index (χ4v) is 4.95. The first-order valence-corrected chi connectivity index (χ1v) is 7.18. The zero-order chi connectivity index (χ0) is 10.7. The van der Waals surface area contributed by atoms with Crippen molar-refractivity contribution in [1.82, 2.24) is 0 Å². The van der Waals surface area contributed by atoms with E-state index in [4.69, 9.17) is 10.7 Å². The van der Waals surface area contributed by atoms with Gasteiger partial charge in [0.1, 0.15) is 0 Å². The Morgan fingerprint density at radius 3 is 2.19 bits per heavy atom. The van der Waals surface area contributed by atoms with Crippen LogP contribution in [0.2, 0.25) is 0 Å². The molecule has 0 saturated heterocycles. The Bertz CT molecular complexity index is 314. The van der Waals surface area contributed by atoms with Crippen LogP contribution in [0.1, 0.15) is 44.9 Å². The monoisotopic (exact) mass is 218 g/mol. The maximum atomic E-state index is 6.18. The number of rotatable bonds is 2. The quantitative estimate of drug-likeness (QED) is 0.561. The minimum atomic E-state index is 0.638. The topological polar surface area (TPSA) is 38.4 Å². The Kier molecular flexibility index (Phi) is 1.92. The van der Waals surface area contributed by atoms with Crippen LogP contribution in [0.3, 0.4) is 0 Å². The molecule has 0 radical (unpaired) electrons. The van der Waals surface area contributed by atoms with Crippen LogP contribution >= 0.6 is 0 Å². The molecule has 2 heteroatoms. The van der Waals surface area contributed by atoms with Gasteiger partial charge in [-0.15, -0.1) is 0 Å². The van der Waals surface area contributed by atoms with Crippen molar-refractivity contribution >= 4 is 5.84 Å². The summed E-state index contributed by atoms with van der Waals surface area (Å²) >= 11 is 0. The van der Waals surface area contributed by atoms with Gasteiger partial charge in [-0.05, 0) is 55.8 Å². The maximum Gasteiger partial charge on any atom is 0.0972 e. The molecule has 0 aliphatic heterocycles. The Morgan fingerprint density at radius 2 is 1.56 bits per heavy atom. The minimum Gasteiger partial charge on any atom is -0.387 e. The molecule has 0 aromatic rings. The van der Waals surface area contributed by atoms with E-state index in [-0.39, 0.29) is 0 Å². The average molecular weight is 218 g/mol. The Hall–Kier alpha value is -0.530. The summed E-state index contributed by atoms with van der Waals surface area (Å²) in [5.41, 5.74) is 6.18. The van der Waals surface area contributed by atoms with Crippen molar-refractivity contribution in [2.45, 2.75) is 51.0 Å². The van der Waals surface area contributed by atoms with Crippen LogP contribution in [0.15, 0.2) is 4.99 Å². The van der Waals surface area contributed by atoms with Gasteiger partial charge in [0.15, 0.2) is 0 Å². The summed E-state index contributed by atoms with van der Waals surface area (Å²) in [6.07, 6.45) is 9.81. The van der Waals surface area contributed by atoms with Gasteiger partial charge in [0.2, 0.25) is 0 Å². The highest BCUT2D eigenvalue weighted by Gasteiger charge is 2.65. The third-order valence-corrected chi connectivity index (χ3v) is 5.77. The molecule has 0 aromatic carbocycles. The highest BCUT2D eigenvalue weighted by atomic mass is 15.0. The lowest BCUT2D eigenvalue weighted by Crippen LogP contribution is -2.22. The molecule has 4 aliphatic rings. The SMILES string of the molecule is NC(=NC1C2C3CCC(C3)C12)C1CCCC1. The van der Waals surface area contributed by atoms with Crippen molar-refractivity contribution in [3.63, 3.8) is 0 Å². The van der Waals surface area contributed by atoms with Crippen LogP contribution in [0.4, 0.5) is 0 Å². The molecule has 0 amide bonds. The van der Waals surface area contributed by atoms with Crippen LogP contribution in [0.25, 0.3) is 0 Å². The molecule has 4 atom stereocenters. The number of nitrogens with zero attached hydrogens (tertiary/aromatic N) is 1. The van der Waals surface area contributed by atoms with Gasteiger partial charge in [-0.3, -0.25) is 4.99 Å². The molecule has 16 heavy (non-hydrogen) atoms. The lowest BCUT2D eigenvalue weighted by atomic mass is 10.0. The van der Waals surface area contributed by atoms with Gasteiger partial charge in [0, 0.05) is 5.92 Å². The zero-order valence-electron chi connectivity index (χ0n) is 9.94. The average Bonchev–Trinajstić information content (AvgIpc) is 2.81. The van der Waals surface area contributed by atoms with Gasteiger partial charge in [0.05, 0.1) is 11.9 Å². The Morgan fingerprint density at radius 1 is 0.938 bits per heavy atom. The Labute approximate surface area is 97.7 Å². The number of hydrogen-bond acceptors (Lipinski definition) is 1.